The van der Waals surface area contributed by atoms with E-state index in [2.05, 4.69) is 5.32 Å². The number of aldehydes is 1. The van der Waals surface area contributed by atoms with Crippen molar-refractivity contribution in [1.82, 2.24) is 5.32 Å². The Kier molecular flexibility index (Phi) is 6.32. The van der Waals surface area contributed by atoms with Gasteiger partial charge in [0.15, 0.2) is 6.29 Å². The largest absolute Gasteiger partial charge is 0.383 e. The first-order valence-corrected chi connectivity index (χ1v) is 6.18. The number of likely N-dealkylation sites (N-methyl/N-ethyl adjacent to an activating group) is 1. The van der Waals surface area contributed by atoms with Crippen molar-refractivity contribution in [2.75, 3.05) is 38.8 Å². The van der Waals surface area contributed by atoms with Gasteiger partial charge in [-0.15, -0.1) is 0 Å². The lowest BCUT2D eigenvalue weighted by Gasteiger charge is -2.20. The maximum atomic E-state index is 11.7. The minimum absolute atomic E-state index is 0.142. The summed E-state index contributed by atoms with van der Waals surface area (Å²) in [6, 6.07) is 5.13. The fourth-order valence-electron chi connectivity index (χ4n) is 1.62. The zero-order chi connectivity index (χ0) is 14.3. The molecule has 0 radical (unpaired) electrons. The molecule has 5 nitrogen and oxygen atoms in total. The van der Waals surface area contributed by atoms with E-state index in [1.54, 1.807) is 37.3 Å². The van der Waals surface area contributed by atoms with Gasteiger partial charge in [0.1, 0.15) is 0 Å². The van der Waals surface area contributed by atoms with Gasteiger partial charge >= 0.3 is 0 Å². The van der Waals surface area contributed by atoms with Gasteiger partial charge in [0.2, 0.25) is 5.91 Å². The third-order valence-corrected chi connectivity index (χ3v) is 2.90. The number of hydrogen-bond donors (Lipinski definition) is 1. The summed E-state index contributed by atoms with van der Waals surface area (Å²) in [5.74, 6) is -0.142. The fourth-order valence-corrected chi connectivity index (χ4v) is 1.84. The van der Waals surface area contributed by atoms with E-state index >= 15 is 0 Å². The highest BCUT2D eigenvalue weighted by atomic mass is 35.5. The van der Waals surface area contributed by atoms with Gasteiger partial charge in [0.05, 0.1) is 23.7 Å². The van der Waals surface area contributed by atoms with E-state index in [0.717, 1.165) is 0 Å². The average molecular weight is 285 g/mol. The Labute approximate surface area is 117 Å². The van der Waals surface area contributed by atoms with Crippen molar-refractivity contribution < 1.29 is 14.3 Å². The summed E-state index contributed by atoms with van der Waals surface area (Å²) in [6.45, 7) is 1.07. The Morgan fingerprint density at radius 1 is 1.53 bits per heavy atom. The number of anilines is 1. The lowest BCUT2D eigenvalue weighted by molar-refractivity contribution is -0.119. The number of amides is 1. The van der Waals surface area contributed by atoms with E-state index in [4.69, 9.17) is 16.3 Å². The standard InChI is InChI=1S/C13H17ClN2O3/c1-16(8-13(18)15-6-7-19-2)12-5-3-4-11(14)10(12)9-17/h3-5,9H,6-8H2,1-2H3,(H,15,18). The van der Waals surface area contributed by atoms with Crippen LogP contribution in [0.25, 0.3) is 0 Å². The Hall–Kier alpha value is -1.59. The van der Waals surface area contributed by atoms with Crippen LogP contribution in [0.1, 0.15) is 10.4 Å². The summed E-state index contributed by atoms with van der Waals surface area (Å²) >= 11 is 5.94. The van der Waals surface area contributed by atoms with Crippen molar-refractivity contribution in [1.29, 1.82) is 0 Å². The van der Waals surface area contributed by atoms with Crippen LogP contribution in [0.3, 0.4) is 0 Å². The van der Waals surface area contributed by atoms with Crippen LogP contribution in [0, 0.1) is 0 Å². The monoisotopic (exact) mass is 284 g/mol. The van der Waals surface area contributed by atoms with Crippen LogP contribution in [0.15, 0.2) is 18.2 Å². The van der Waals surface area contributed by atoms with Crippen molar-refractivity contribution in [3.8, 4) is 0 Å². The van der Waals surface area contributed by atoms with Crippen LogP contribution in [-0.4, -0.2) is 46.0 Å². The van der Waals surface area contributed by atoms with Crippen molar-refractivity contribution in [2.45, 2.75) is 0 Å². The van der Waals surface area contributed by atoms with Crippen molar-refractivity contribution in [2.24, 2.45) is 0 Å². The second-order valence-corrected chi connectivity index (χ2v) is 4.40. The average Bonchev–Trinajstić information content (AvgIpc) is 2.38. The van der Waals surface area contributed by atoms with Crippen LogP contribution in [0.5, 0.6) is 0 Å². The van der Waals surface area contributed by atoms with Crippen molar-refractivity contribution >= 4 is 29.5 Å². The van der Waals surface area contributed by atoms with Crippen LogP contribution in [0.2, 0.25) is 5.02 Å². The molecule has 0 aromatic heterocycles. The second kappa shape index (κ2) is 7.76. The Morgan fingerprint density at radius 2 is 2.26 bits per heavy atom. The zero-order valence-electron chi connectivity index (χ0n) is 11.0. The number of carbonyl (C=O) groups excluding carboxylic acids is 2. The van der Waals surface area contributed by atoms with Crippen LogP contribution in [0.4, 0.5) is 5.69 Å². The molecule has 0 aliphatic rings. The molecule has 0 saturated carbocycles. The van der Waals surface area contributed by atoms with E-state index in [-0.39, 0.29) is 12.5 Å². The van der Waals surface area contributed by atoms with E-state index in [1.165, 1.54) is 0 Å². The third-order valence-electron chi connectivity index (χ3n) is 2.57. The minimum atomic E-state index is -0.142. The van der Waals surface area contributed by atoms with Gasteiger partial charge in [-0.3, -0.25) is 9.59 Å². The quantitative estimate of drug-likeness (QED) is 0.607. The summed E-state index contributed by atoms with van der Waals surface area (Å²) in [5, 5.41) is 3.08. The van der Waals surface area contributed by atoms with Gasteiger partial charge in [0.25, 0.3) is 0 Å². The van der Waals surface area contributed by atoms with Crippen molar-refractivity contribution in [3.63, 3.8) is 0 Å². The topological polar surface area (TPSA) is 58.6 Å². The van der Waals surface area contributed by atoms with E-state index < -0.39 is 0 Å². The van der Waals surface area contributed by atoms with Gasteiger partial charge in [0, 0.05) is 26.4 Å². The molecular weight excluding hydrogens is 268 g/mol. The summed E-state index contributed by atoms with van der Waals surface area (Å²) in [6.07, 6.45) is 0.691. The molecule has 0 aliphatic heterocycles. The molecule has 6 heteroatoms. The Bertz CT molecular complexity index is 452. The van der Waals surface area contributed by atoms with Crippen LogP contribution in [-0.2, 0) is 9.53 Å². The van der Waals surface area contributed by atoms with Crippen LogP contribution < -0.4 is 10.2 Å². The molecule has 104 valence electrons. The molecule has 0 heterocycles. The molecule has 0 fully saturated rings. The zero-order valence-corrected chi connectivity index (χ0v) is 11.7. The molecule has 1 N–H and O–H groups in total. The van der Waals surface area contributed by atoms with Gasteiger partial charge in [-0.2, -0.15) is 0 Å². The van der Waals surface area contributed by atoms with Gasteiger partial charge in [-0.05, 0) is 12.1 Å². The molecule has 0 bridgehead atoms. The number of ether oxygens (including phenoxy) is 1. The first-order valence-electron chi connectivity index (χ1n) is 5.80. The molecule has 0 spiro atoms. The molecule has 19 heavy (non-hydrogen) atoms. The molecule has 0 atom stereocenters. The number of nitrogens with one attached hydrogen (secondary N) is 1. The molecule has 1 rings (SSSR count). The van der Waals surface area contributed by atoms with E-state index in [1.807, 2.05) is 0 Å². The van der Waals surface area contributed by atoms with Crippen molar-refractivity contribution in [3.05, 3.63) is 28.8 Å². The predicted molar refractivity (Wildman–Crippen MR) is 75.0 cm³/mol. The molecule has 0 aliphatic carbocycles. The Morgan fingerprint density at radius 3 is 2.89 bits per heavy atom. The number of carbonyl (C=O) groups is 2. The van der Waals surface area contributed by atoms with E-state index in [9.17, 15) is 9.59 Å². The van der Waals surface area contributed by atoms with Crippen LogP contribution >= 0.6 is 11.6 Å². The smallest absolute Gasteiger partial charge is 0.239 e. The first-order chi connectivity index (χ1) is 9.10. The highest BCUT2D eigenvalue weighted by Crippen LogP contribution is 2.24. The fraction of sp³-hybridized carbons (Fsp3) is 0.385. The summed E-state index contributed by atoms with van der Waals surface area (Å²) in [5.41, 5.74) is 1.01. The van der Waals surface area contributed by atoms with Gasteiger partial charge < -0.3 is 15.0 Å². The molecule has 1 aromatic carbocycles. The molecule has 1 amide bonds. The first kappa shape index (κ1) is 15.5. The molecule has 0 unspecified atom stereocenters. The van der Waals surface area contributed by atoms with Gasteiger partial charge in [-0.1, -0.05) is 17.7 Å². The molecule has 1 aromatic rings. The maximum Gasteiger partial charge on any atom is 0.239 e. The number of hydrogen-bond acceptors (Lipinski definition) is 4. The minimum Gasteiger partial charge on any atom is -0.383 e. The number of halogens is 1. The third kappa shape index (κ3) is 4.54. The number of nitrogens with zero attached hydrogens (tertiary/aromatic N) is 1. The highest BCUT2D eigenvalue weighted by Gasteiger charge is 2.12. The SMILES string of the molecule is COCCNC(=O)CN(C)c1cccc(Cl)c1C=O. The normalized spacial score (nSPS) is 10.1. The number of methoxy groups -OCH3 is 1. The summed E-state index contributed by atoms with van der Waals surface area (Å²) < 4.78 is 4.84. The number of benzene rings is 1. The lowest BCUT2D eigenvalue weighted by Crippen LogP contribution is -2.37. The maximum absolute atomic E-state index is 11.7. The molecular formula is C13H17ClN2O3. The number of rotatable bonds is 7. The molecule has 0 saturated heterocycles. The van der Waals surface area contributed by atoms with Gasteiger partial charge in [-0.25, -0.2) is 0 Å². The highest BCUT2D eigenvalue weighted by molar-refractivity contribution is 6.33. The Balaban J connectivity index is 2.68. The van der Waals surface area contributed by atoms with E-state index in [0.29, 0.717) is 35.7 Å². The summed E-state index contributed by atoms with van der Waals surface area (Å²) in [7, 11) is 3.30. The second-order valence-electron chi connectivity index (χ2n) is 3.99. The predicted octanol–water partition coefficient (Wildman–Crippen LogP) is 1.35. The lowest BCUT2D eigenvalue weighted by atomic mass is 10.2. The summed E-state index contributed by atoms with van der Waals surface area (Å²) in [4.78, 5) is 24.4.